The molecule has 0 aromatic heterocycles. The fourth-order valence-corrected chi connectivity index (χ4v) is 1.38. The molecule has 2 aromatic rings. The van der Waals surface area contributed by atoms with E-state index in [0.29, 0.717) is 11.4 Å². The van der Waals surface area contributed by atoms with Gasteiger partial charge in [-0.2, -0.15) is 0 Å². The van der Waals surface area contributed by atoms with Crippen molar-refractivity contribution in [3.05, 3.63) is 53.8 Å². The average molecular weight is 238 g/mol. The zero-order valence-electron chi connectivity index (χ0n) is 8.68. The third-order valence-electron chi connectivity index (χ3n) is 2.21. The fraction of sp³-hybridized carbons (Fsp3) is 0. The van der Waals surface area contributed by atoms with Gasteiger partial charge in [0.25, 0.3) is 0 Å². The zero-order chi connectivity index (χ0) is 12.4. The summed E-state index contributed by atoms with van der Waals surface area (Å²) in [5, 5.41) is 2.77. The van der Waals surface area contributed by atoms with Crippen LogP contribution in [0.2, 0.25) is 0 Å². The van der Waals surface area contributed by atoms with Gasteiger partial charge in [0.15, 0.2) is 11.6 Å². The van der Waals surface area contributed by atoms with Crippen molar-refractivity contribution in [3.8, 4) is 0 Å². The molecule has 0 fully saturated rings. The molecule has 0 heterocycles. The Balaban J connectivity index is 2.28. The Kier molecular flexibility index (Phi) is 2.91. The van der Waals surface area contributed by atoms with Gasteiger partial charge in [-0.05, 0) is 30.3 Å². The lowest BCUT2D eigenvalue weighted by molar-refractivity contribution is 0.509. The van der Waals surface area contributed by atoms with E-state index < -0.39 is 17.5 Å². The number of benzene rings is 2. The molecule has 5 heteroatoms. The van der Waals surface area contributed by atoms with E-state index in [1.165, 1.54) is 18.2 Å². The number of hydrogen-bond acceptors (Lipinski definition) is 2. The van der Waals surface area contributed by atoms with Crippen LogP contribution in [0.5, 0.6) is 0 Å². The van der Waals surface area contributed by atoms with Gasteiger partial charge < -0.3 is 11.1 Å². The molecule has 0 aliphatic rings. The Morgan fingerprint density at radius 2 is 1.65 bits per heavy atom. The number of rotatable bonds is 2. The molecule has 0 spiro atoms. The summed E-state index contributed by atoms with van der Waals surface area (Å²) in [7, 11) is 0. The monoisotopic (exact) mass is 238 g/mol. The molecule has 0 unspecified atom stereocenters. The molecule has 0 amide bonds. The maximum absolute atomic E-state index is 12.9. The summed E-state index contributed by atoms with van der Waals surface area (Å²) in [6.45, 7) is 0. The van der Waals surface area contributed by atoms with Gasteiger partial charge in [0.1, 0.15) is 5.82 Å². The second-order valence-electron chi connectivity index (χ2n) is 3.49. The van der Waals surface area contributed by atoms with E-state index in [9.17, 15) is 13.2 Å². The maximum Gasteiger partial charge on any atom is 0.160 e. The number of nitrogen functional groups attached to an aromatic ring is 1. The van der Waals surface area contributed by atoms with Crippen molar-refractivity contribution in [1.82, 2.24) is 0 Å². The molecule has 0 bridgehead atoms. The van der Waals surface area contributed by atoms with Crippen LogP contribution in [0.4, 0.5) is 30.2 Å². The van der Waals surface area contributed by atoms with Crippen LogP contribution in [0.3, 0.4) is 0 Å². The SMILES string of the molecule is Nc1cc(F)ccc1Nc1ccc(F)c(F)c1. The van der Waals surface area contributed by atoms with Gasteiger partial charge in [0.2, 0.25) is 0 Å². The Hall–Kier alpha value is -2.17. The Morgan fingerprint density at radius 1 is 0.882 bits per heavy atom. The summed E-state index contributed by atoms with van der Waals surface area (Å²) < 4.78 is 38.4. The average Bonchev–Trinajstić information content (AvgIpc) is 2.27. The molecule has 2 aromatic carbocycles. The summed E-state index contributed by atoms with van der Waals surface area (Å²) >= 11 is 0. The van der Waals surface area contributed by atoms with Crippen molar-refractivity contribution in [2.45, 2.75) is 0 Å². The molecule has 0 radical (unpaired) electrons. The second-order valence-corrected chi connectivity index (χ2v) is 3.49. The van der Waals surface area contributed by atoms with Crippen molar-refractivity contribution in [3.63, 3.8) is 0 Å². The first-order valence-electron chi connectivity index (χ1n) is 4.83. The molecule has 17 heavy (non-hydrogen) atoms. The van der Waals surface area contributed by atoms with Crippen LogP contribution in [0, 0.1) is 17.5 Å². The van der Waals surface area contributed by atoms with Crippen LogP contribution in [-0.4, -0.2) is 0 Å². The van der Waals surface area contributed by atoms with Crippen molar-refractivity contribution in [1.29, 1.82) is 0 Å². The molecule has 0 atom stereocenters. The first-order chi connectivity index (χ1) is 8.06. The molecule has 0 aliphatic heterocycles. The van der Waals surface area contributed by atoms with E-state index in [1.54, 1.807) is 0 Å². The van der Waals surface area contributed by atoms with Gasteiger partial charge in [0, 0.05) is 11.8 Å². The molecule has 0 saturated carbocycles. The Labute approximate surface area is 95.9 Å². The predicted octanol–water partition coefficient (Wildman–Crippen LogP) is 3.43. The Morgan fingerprint density at radius 3 is 2.29 bits per heavy atom. The van der Waals surface area contributed by atoms with Crippen LogP contribution in [0.25, 0.3) is 0 Å². The third-order valence-corrected chi connectivity index (χ3v) is 2.21. The van der Waals surface area contributed by atoms with Gasteiger partial charge in [-0.3, -0.25) is 0 Å². The van der Waals surface area contributed by atoms with E-state index in [0.717, 1.165) is 18.2 Å². The smallest absolute Gasteiger partial charge is 0.160 e. The number of anilines is 3. The lowest BCUT2D eigenvalue weighted by Crippen LogP contribution is -1.97. The van der Waals surface area contributed by atoms with Crippen molar-refractivity contribution in [2.24, 2.45) is 0 Å². The zero-order valence-corrected chi connectivity index (χ0v) is 8.68. The highest BCUT2D eigenvalue weighted by Crippen LogP contribution is 2.24. The normalized spacial score (nSPS) is 10.3. The molecule has 3 N–H and O–H groups in total. The van der Waals surface area contributed by atoms with E-state index >= 15 is 0 Å². The summed E-state index contributed by atoms with van der Waals surface area (Å²) in [4.78, 5) is 0. The summed E-state index contributed by atoms with van der Waals surface area (Å²) in [6.07, 6.45) is 0. The van der Waals surface area contributed by atoms with Crippen molar-refractivity contribution < 1.29 is 13.2 Å². The van der Waals surface area contributed by atoms with E-state index in [-0.39, 0.29) is 5.69 Å². The van der Waals surface area contributed by atoms with Gasteiger partial charge in [-0.1, -0.05) is 0 Å². The van der Waals surface area contributed by atoms with Gasteiger partial charge >= 0.3 is 0 Å². The molecule has 0 saturated heterocycles. The highest BCUT2D eigenvalue weighted by atomic mass is 19.2. The minimum absolute atomic E-state index is 0.190. The second kappa shape index (κ2) is 4.37. The van der Waals surface area contributed by atoms with E-state index in [2.05, 4.69) is 5.32 Å². The molecular formula is C12H9F3N2. The minimum Gasteiger partial charge on any atom is -0.397 e. The van der Waals surface area contributed by atoms with Gasteiger partial charge in [0.05, 0.1) is 11.4 Å². The highest BCUT2D eigenvalue weighted by Gasteiger charge is 2.05. The quantitative estimate of drug-likeness (QED) is 0.786. The number of hydrogen-bond donors (Lipinski definition) is 2. The minimum atomic E-state index is -0.962. The molecule has 2 nitrogen and oxygen atoms in total. The predicted molar refractivity (Wildman–Crippen MR) is 60.5 cm³/mol. The lowest BCUT2D eigenvalue weighted by Gasteiger charge is -2.09. The molecular weight excluding hydrogens is 229 g/mol. The van der Waals surface area contributed by atoms with Gasteiger partial charge in [-0.15, -0.1) is 0 Å². The summed E-state index contributed by atoms with van der Waals surface area (Å²) in [5.41, 5.74) is 6.52. The van der Waals surface area contributed by atoms with Crippen molar-refractivity contribution in [2.75, 3.05) is 11.1 Å². The maximum atomic E-state index is 12.9. The fourth-order valence-electron chi connectivity index (χ4n) is 1.38. The lowest BCUT2D eigenvalue weighted by atomic mass is 10.2. The summed E-state index contributed by atoms with van der Waals surface area (Å²) in [5.74, 6) is -2.35. The molecule has 0 aliphatic carbocycles. The van der Waals surface area contributed by atoms with Crippen LogP contribution in [-0.2, 0) is 0 Å². The van der Waals surface area contributed by atoms with Crippen LogP contribution < -0.4 is 11.1 Å². The number of nitrogens with two attached hydrogens (primary N) is 1. The van der Waals surface area contributed by atoms with E-state index in [1.807, 2.05) is 0 Å². The third kappa shape index (κ3) is 2.50. The largest absolute Gasteiger partial charge is 0.397 e. The van der Waals surface area contributed by atoms with Crippen LogP contribution in [0.1, 0.15) is 0 Å². The van der Waals surface area contributed by atoms with Crippen molar-refractivity contribution >= 4 is 17.1 Å². The standard InChI is InChI=1S/C12H9F3N2/c13-7-1-4-12(11(16)5-7)17-8-2-3-9(14)10(15)6-8/h1-6,17H,16H2. The van der Waals surface area contributed by atoms with E-state index in [4.69, 9.17) is 5.73 Å². The molecule has 88 valence electrons. The molecule has 2 rings (SSSR count). The highest BCUT2D eigenvalue weighted by molar-refractivity contribution is 5.72. The Bertz CT molecular complexity index is 555. The first kappa shape index (κ1) is 11.3. The number of nitrogens with one attached hydrogen (secondary N) is 1. The van der Waals surface area contributed by atoms with Gasteiger partial charge in [-0.25, -0.2) is 13.2 Å². The van der Waals surface area contributed by atoms with Crippen LogP contribution in [0.15, 0.2) is 36.4 Å². The summed E-state index contributed by atoms with van der Waals surface area (Å²) in [6, 6.07) is 7.14. The number of halogens is 3. The first-order valence-corrected chi connectivity index (χ1v) is 4.83. The van der Waals surface area contributed by atoms with Crippen LogP contribution >= 0.6 is 0 Å². The topological polar surface area (TPSA) is 38.0 Å².